The van der Waals surface area contributed by atoms with Gasteiger partial charge in [-0.15, -0.1) is 0 Å². The Balaban J connectivity index is 1.23. The average molecular weight is 681 g/mol. The van der Waals surface area contributed by atoms with Gasteiger partial charge in [0.1, 0.15) is 11.4 Å². The highest BCUT2D eigenvalue weighted by Gasteiger charge is 2.28. The minimum Gasteiger partial charge on any atom is -0.444 e. The first-order valence-electron chi connectivity index (χ1n) is 16.3. The van der Waals surface area contributed by atoms with E-state index < -0.39 is 15.4 Å². The number of amides is 1. The molecule has 0 unspecified atom stereocenters. The summed E-state index contributed by atoms with van der Waals surface area (Å²) >= 11 is 0. The third kappa shape index (κ3) is 8.50. The third-order valence-corrected chi connectivity index (χ3v) is 9.56. The average Bonchev–Trinajstić information content (AvgIpc) is 3.06. The van der Waals surface area contributed by atoms with Crippen molar-refractivity contribution in [3.05, 3.63) is 102 Å². The van der Waals surface area contributed by atoms with Gasteiger partial charge in [-0.2, -0.15) is 0 Å². The van der Waals surface area contributed by atoms with Gasteiger partial charge in [0.15, 0.2) is 9.84 Å². The van der Waals surface area contributed by atoms with Crippen LogP contribution in [0.25, 0.3) is 22.0 Å². The second-order valence-electron chi connectivity index (χ2n) is 13.2. The first kappa shape index (κ1) is 33.8. The molecule has 0 saturated carbocycles. The Morgan fingerprint density at radius 1 is 0.918 bits per heavy atom. The van der Waals surface area contributed by atoms with E-state index in [4.69, 9.17) is 14.5 Å². The molecule has 6 rings (SSSR count). The minimum atomic E-state index is -3.49. The number of pyridine rings is 2. The molecule has 1 saturated heterocycles. The van der Waals surface area contributed by atoms with Crippen LogP contribution in [-0.2, 0) is 26.1 Å². The number of sulfone groups is 1. The highest BCUT2D eigenvalue weighted by molar-refractivity contribution is 7.89. The Hall–Kier alpha value is -5.10. The Morgan fingerprint density at radius 2 is 1.76 bits per heavy atom. The molecule has 0 aliphatic carbocycles. The number of aryl methyl sites for hydroxylation is 1. The zero-order valence-corrected chi connectivity index (χ0v) is 28.9. The van der Waals surface area contributed by atoms with Gasteiger partial charge in [-0.05, 0) is 87.4 Å². The quantitative estimate of drug-likeness (QED) is 0.171. The van der Waals surface area contributed by atoms with Crippen molar-refractivity contribution >= 4 is 32.7 Å². The number of aromatic nitrogens is 4. The summed E-state index contributed by atoms with van der Waals surface area (Å²) in [6, 6.07) is 20.2. The van der Waals surface area contributed by atoms with Crippen molar-refractivity contribution in [2.24, 2.45) is 0 Å². The molecule has 49 heavy (non-hydrogen) atoms. The number of hydrogen-bond acceptors (Lipinski definition) is 10. The van der Waals surface area contributed by atoms with Crippen molar-refractivity contribution in [2.45, 2.75) is 63.7 Å². The number of likely N-dealkylation sites (tertiary alicyclic amines) is 1. The maximum absolute atomic E-state index is 13.2. The molecule has 4 heterocycles. The molecule has 5 aromatic rings. The lowest BCUT2D eigenvalue weighted by molar-refractivity contribution is 0.0206. The number of nitrogens with one attached hydrogen (secondary N) is 1. The molecule has 1 atom stereocenters. The molecule has 0 spiro atoms. The Labute approximate surface area is 286 Å². The highest BCUT2D eigenvalue weighted by atomic mass is 32.2. The summed E-state index contributed by atoms with van der Waals surface area (Å²) in [4.78, 5) is 32.4. The number of nitrogens with zero attached hydrogens (tertiary/aromatic N) is 5. The fourth-order valence-electron chi connectivity index (χ4n) is 5.87. The molecule has 3 aromatic heterocycles. The SMILES string of the molecule is Cc1ccc2c(CS(=O)(=O)Cc3ccccn3)cccc2c1Oc1ncccc1-c1ccnc(N[C@H]2CCCN(C(=O)OC(C)(C)C)C2)n1. The maximum Gasteiger partial charge on any atom is 0.410 e. The highest BCUT2D eigenvalue weighted by Crippen LogP contribution is 2.38. The summed E-state index contributed by atoms with van der Waals surface area (Å²) in [5, 5.41) is 4.96. The number of fused-ring (bicyclic) bond motifs is 1. The van der Waals surface area contributed by atoms with E-state index in [2.05, 4.69) is 20.3 Å². The van der Waals surface area contributed by atoms with Gasteiger partial charge in [-0.1, -0.05) is 36.4 Å². The monoisotopic (exact) mass is 680 g/mol. The number of hydrogen-bond donors (Lipinski definition) is 1. The standard InChI is InChI=1S/C37H40N6O5S/c1-25-15-16-29-26(23-49(45,46)24-28-11-5-6-18-38-28)10-7-13-30(29)33(25)47-34-31(14-8-19-39-34)32-17-20-40-35(42-32)41-27-12-9-21-43(22-27)36(44)48-37(2,3)4/h5-8,10-11,13-20,27H,9,12,21-24H2,1-4H3,(H,40,41,42)/t27-/m0/s1. The summed E-state index contributed by atoms with van der Waals surface area (Å²) < 4.78 is 38.5. The van der Waals surface area contributed by atoms with E-state index in [0.717, 1.165) is 29.2 Å². The second kappa shape index (κ2) is 14.2. The molecular formula is C37H40N6O5S. The molecule has 1 fully saturated rings. The lowest BCUT2D eigenvalue weighted by atomic mass is 10.0. The molecule has 1 amide bonds. The molecule has 254 valence electrons. The Morgan fingerprint density at radius 3 is 2.55 bits per heavy atom. The van der Waals surface area contributed by atoms with Crippen LogP contribution in [-0.4, -0.2) is 64.1 Å². The van der Waals surface area contributed by atoms with E-state index in [1.165, 1.54) is 0 Å². The smallest absolute Gasteiger partial charge is 0.410 e. The molecule has 0 bridgehead atoms. The van der Waals surface area contributed by atoms with Crippen LogP contribution in [0.15, 0.2) is 85.3 Å². The van der Waals surface area contributed by atoms with Crippen molar-refractivity contribution in [2.75, 3.05) is 18.4 Å². The van der Waals surface area contributed by atoms with Gasteiger partial charge < -0.3 is 19.7 Å². The summed E-state index contributed by atoms with van der Waals surface area (Å²) in [5.74, 6) is 1.09. The molecule has 0 radical (unpaired) electrons. The molecule has 1 N–H and O–H groups in total. The molecule has 1 aliphatic heterocycles. The number of anilines is 1. The fraction of sp³-hybridized carbons (Fsp3) is 0.324. The number of carbonyl (C=O) groups excluding carboxylic acids is 1. The lowest BCUT2D eigenvalue weighted by Gasteiger charge is -2.34. The zero-order valence-electron chi connectivity index (χ0n) is 28.1. The Kier molecular flexibility index (Phi) is 9.77. The van der Waals surface area contributed by atoms with Gasteiger partial charge in [-0.25, -0.2) is 28.2 Å². The fourth-order valence-corrected chi connectivity index (χ4v) is 7.32. The van der Waals surface area contributed by atoms with Crippen molar-refractivity contribution in [1.29, 1.82) is 0 Å². The van der Waals surface area contributed by atoms with Gasteiger partial charge in [0, 0.05) is 43.1 Å². The largest absolute Gasteiger partial charge is 0.444 e. The van der Waals surface area contributed by atoms with E-state index in [-0.39, 0.29) is 23.6 Å². The Bertz CT molecular complexity index is 2070. The summed E-state index contributed by atoms with van der Waals surface area (Å²) in [7, 11) is -3.49. The van der Waals surface area contributed by atoms with E-state index >= 15 is 0 Å². The van der Waals surface area contributed by atoms with Crippen LogP contribution in [0.4, 0.5) is 10.7 Å². The minimum absolute atomic E-state index is 0.0403. The topological polar surface area (TPSA) is 136 Å². The van der Waals surface area contributed by atoms with Crippen LogP contribution in [0.2, 0.25) is 0 Å². The summed E-state index contributed by atoms with van der Waals surface area (Å²) in [5.41, 5.74) is 2.77. The van der Waals surface area contributed by atoms with Gasteiger partial charge in [-0.3, -0.25) is 4.98 Å². The van der Waals surface area contributed by atoms with Crippen molar-refractivity contribution in [3.63, 3.8) is 0 Å². The van der Waals surface area contributed by atoms with Crippen molar-refractivity contribution < 1.29 is 22.7 Å². The molecule has 1 aliphatic rings. The summed E-state index contributed by atoms with van der Waals surface area (Å²) in [6.45, 7) is 8.64. The number of rotatable bonds is 9. The zero-order chi connectivity index (χ0) is 34.6. The van der Waals surface area contributed by atoms with Crippen LogP contribution < -0.4 is 10.1 Å². The van der Waals surface area contributed by atoms with Crippen LogP contribution in [0.3, 0.4) is 0 Å². The third-order valence-electron chi connectivity index (χ3n) is 8.08. The molecule has 2 aromatic carbocycles. The number of benzene rings is 2. The van der Waals surface area contributed by atoms with Crippen LogP contribution in [0.5, 0.6) is 11.6 Å². The lowest BCUT2D eigenvalue weighted by Crippen LogP contribution is -2.47. The van der Waals surface area contributed by atoms with Gasteiger partial charge >= 0.3 is 6.09 Å². The predicted molar refractivity (Wildman–Crippen MR) is 189 cm³/mol. The number of ether oxygens (including phenoxy) is 2. The van der Waals surface area contributed by atoms with E-state index in [1.54, 1.807) is 47.8 Å². The first-order chi connectivity index (χ1) is 23.4. The van der Waals surface area contributed by atoms with Crippen molar-refractivity contribution in [3.8, 4) is 22.9 Å². The molecule has 11 nitrogen and oxygen atoms in total. The first-order valence-corrected chi connectivity index (χ1v) is 18.1. The summed E-state index contributed by atoms with van der Waals surface area (Å²) in [6.07, 6.45) is 6.30. The van der Waals surface area contributed by atoms with Gasteiger partial charge in [0.05, 0.1) is 28.5 Å². The van der Waals surface area contributed by atoms with Crippen LogP contribution >= 0.6 is 0 Å². The predicted octanol–water partition coefficient (Wildman–Crippen LogP) is 7.11. The van der Waals surface area contributed by atoms with E-state index in [1.807, 2.05) is 70.2 Å². The number of carbonyl (C=O) groups is 1. The molecular weight excluding hydrogens is 641 g/mol. The molecule has 12 heteroatoms. The maximum atomic E-state index is 13.2. The number of piperidine rings is 1. The van der Waals surface area contributed by atoms with Crippen molar-refractivity contribution in [1.82, 2.24) is 24.8 Å². The van der Waals surface area contributed by atoms with Crippen LogP contribution in [0.1, 0.15) is 50.4 Å². The van der Waals surface area contributed by atoms with Gasteiger partial charge in [0.25, 0.3) is 0 Å². The normalized spacial score (nSPS) is 15.2. The van der Waals surface area contributed by atoms with E-state index in [9.17, 15) is 13.2 Å². The van der Waals surface area contributed by atoms with E-state index in [0.29, 0.717) is 53.2 Å². The van der Waals surface area contributed by atoms with Gasteiger partial charge in [0.2, 0.25) is 11.8 Å². The van der Waals surface area contributed by atoms with Crippen LogP contribution in [0, 0.1) is 6.92 Å². The second-order valence-corrected chi connectivity index (χ2v) is 15.3.